The van der Waals surface area contributed by atoms with E-state index in [9.17, 15) is 33.2 Å². The Labute approximate surface area is 198 Å². The summed E-state index contributed by atoms with van der Waals surface area (Å²) in [5.41, 5.74) is 1.57. The lowest BCUT2D eigenvalue weighted by Crippen LogP contribution is -2.22. The van der Waals surface area contributed by atoms with Gasteiger partial charge in [-0.15, -0.1) is 0 Å². The number of nitriles is 1. The number of carbonyl (C=O) groups is 1. The molecule has 0 aliphatic heterocycles. The third-order valence-corrected chi connectivity index (χ3v) is 6.67. The lowest BCUT2D eigenvalue weighted by molar-refractivity contribution is 0.101. The Bertz CT molecular complexity index is 1490. The summed E-state index contributed by atoms with van der Waals surface area (Å²) in [5.74, 6) is -1.66. The summed E-state index contributed by atoms with van der Waals surface area (Å²) < 4.78 is 44.0. The highest BCUT2D eigenvalue weighted by Crippen LogP contribution is 2.50. The van der Waals surface area contributed by atoms with Gasteiger partial charge in [0.2, 0.25) is 5.95 Å². The average Bonchev–Trinajstić information content (AvgIpc) is 3.34. The first-order valence-corrected chi connectivity index (χ1v) is 12.2. The number of alkyl halides is 1. The lowest BCUT2D eigenvalue weighted by Gasteiger charge is -2.22. The largest absolute Gasteiger partial charge is 0.352 e. The Hall–Kier alpha value is -3.65. The minimum absolute atomic E-state index is 0.0149. The van der Waals surface area contributed by atoms with Crippen molar-refractivity contribution in [3.8, 4) is 6.07 Å². The van der Waals surface area contributed by atoms with Crippen molar-refractivity contribution in [3.05, 3.63) is 64.0 Å². The molecule has 0 saturated carbocycles. The number of carbonyl (C=O) groups excluding carboxylic acids is 1. The van der Waals surface area contributed by atoms with Gasteiger partial charge in [0.25, 0.3) is 5.91 Å². The van der Waals surface area contributed by atoms with Crippen LogP contribution >= 0.6 is 7.60 Å². The van der Waals surface area contributed by atoms with Gasteiger partial charge in [-0.3, -0.25) is 19.4 Å². The molecule has 3 N–H and O–H groups in total. The summed E-state index contributed by atoms with van der Waals surface area (Å²) in [6, 6.07) is 8.11. The number of allylic oxidation sites excluding steroid dienone is 4. The summed E-state index contributed by atoms with van der Waals surface area (Å²) in [4.78, 5) is 36.0. The zero-order valence-electron chi connectivity index (χ0n) is 18.7. The number of hydrogen-bond donors (Lipinski definition) is 3. The third kappa shape index (κ3) is 4.79. The number of rotatable bonds is 6. The maximum atomic E-state index is 14.9. The molecule has 2 heterocycles. The van der Waals surface area contributed by atoms with Gasteiger partial charge in [-0.05, 0) is 44.2 Å². The molecular formula is C22H21F2N6O4P. The van der Waals surface area contributed by atoms with Gasteiger partial charge in [-0.25, -0.2) is 13.8 Å². The Kier molecular flexibility index (Phi) is 6.42. The number of hydrogen-bond acceptors (Lipinski definition) is 5. The fourth-order valence-electron chi connectivity index (χ4n) is 3.89. The van der Waals surface area contributed by atoms with Gasteiger partial charge in [-0.1, -0.05) is 0 Å². The predicted octanol–water partition coefficient (Wildman–Crippen LogP) is 3.71. The number of aromatic nitrogens is 4. The highest BCUT2D eigenvalue weighted by atomic mass is 31.2. The second-order valence-electron chi connectivity index (χ2n) is 8.00. The molecule has 0 radical (unpaired) electrons. The molecule has 1 unspecified atom stereocenters. The minimum atomic E-state index is -4.80. The number of nitrogens with zero attached hydrogens (tertiary/aromatic N) is 5. The van der Waals surface area contributed by atoms with E-state index in [1.807, 2.05) is 13.0 Å². The fourth-order valence-corrected chi connectivity index (χ4v) is 4.57. The molecule has 0 bridgehead atoms. The summed E-state index contributed by atoms with van der Waals surface area (Å²) in [6.07, 6.45) is -2.00. The SMILES string of the molecule is CCn1nc(C)cc1C(=O)Nc1nc2cc(C#N)ccc2n1CC1=C(F)C=C(P(=O)(O)O)CC1F. The molecule has 0 fully saturated rings. The van der Waals surface area contributed by atoms with Crippen LogP contribution in [0.1, 0.15) is 35.1 Å². The van der Waals surface area contributed by atoms with Gasteiger partial charge >= 0.3 is 7.60 Å². The number of imidazole rings is 1. The monoisotopic (exact) mass is 502 g/mol. The van der Waals surface area contributed by atoms with Gasteiger partial charge in [-0.2, -0.15) is 10.4 Å². The Balaban J connectivity index is 1.79. The van der Waals surface area contributed by atoms with E-state index in [0.29, 0.717) is 34.9 Å². The maximum absolute atomic E-state index is 14.9. The van der Waals surface area contributed by atoms with E-state index < -0.39 is 37.2 Å². The van der Waals surface area contributed by atoms with Crippen LogP contribution < -0.4 is 5.32 Å². The summed E-state index contributed by atoms with van der Waals surface area (Å²) in [6.45, 7) is 3.61. The van der Waals surface area contributed by atoms with E-state index >= 15 is 0 Å². The topological polar surface area (TPSA) is 146 Å². The lowest BCUT2D eigenvalue weighted by atomic mass is 10.0. The van der Waals surface area contributed by atoms with Crippen molar-refractivity contribution in [2.45, 2.75) is 39.5 Å². The van der Waals surface area contributed by atoms with E-state index in [0.717, 1.165) is 0 Å². The van der Waals surface area contributed by atoms with E-state index in [2.05, 4.69) is 15.4 Å². The van der Waals surface area contributed by atoms with E-state index in [1.54, 1.807) is 19.1 Å². The van der Waals surface area contributed by atoms with Crippen LogP contribution in [0.3, 0.4) is 0 Å². The normalized spacial score (nSPS) is 16.4. The molecule has 0 saturated heterocycles. The van der Waals surface area contributed by atoms with Gasteiger partial charge < -0.3 is 14.4 Å². The average molecular weight is 502 g/mol. The quantitative estimate of drug-likeness (QED) is 0.436. The summed E-state index contributed by atoms with van der Waals surface area (Å²) >= 11 is 0. The van der Waals surface area contributed by atoms with Crippen molar-refractivity contribution in [1.82, 2.24) is 19.3 Å². The molecule has 4 rings (SSSR count). The number of fused-ring (bicyclic) bond motifs is 1. The van der Waals surface area contributed by atoms with E-state index in [4.69, 9.17) is 0 Å². The molecular weight excluding hydrogens is 481 g/mol. The predicted molar refractivity (Wildman–Crippen MR) is 123 cm³/mol. The van der Waals surface area contributed by atoms with Crippen LogP contribution in [0.4, 0.5) is 14.7 Å². The molecule has 35 heavy (non-hydrogen) atoms. The van der Waals surface area contributed by atoms with Crippen LogP contribution in [0.25, 0.3) is 11.0 Å². The Morgan fingerprint density at radius 1 is 1.37 bits per heavy atom. The van der Waals surface area contributed by atoms with Gasteiger partial charge in [0.1, 0.15) is 17.7 Å². The van der Waals surface area contributed by atoms with E-state index in [-0.39, 0.29) is 23.8 Å². The highest BCUT2D eigenvalue weighted by molar-refractivity contribution is 7.56. The fraction of sp³-hybridized carbons (Fsp3) is 0.273. The molecule has 13 heteroatoms. The second-order valence-corrected chi connectivity index (χ2v) is 9.66. The summed E-state index contributed by atoms with van der Waals surface area (Å²) in [7, 11) is -4.80. The first-order chi connectivity index (χ1) is 16.5. The Morgan fingerprint density at radius 2 is 2.11 bits per heavy atom. The van der Waals surface area contributed by atoms with Crippen LogP contribution in [-0.4, -0.2) is 41.2 Å². The van der Waals surface area contributed by atoms with Gasteiger partial charge in [0.05, 0.1) is 34.9 Å². The maximum Gasteiger partial charge on any atom is 0.352 e. The number of halogens is 2. The highest BCUT2D eigenvalue weighted by Gasteiger charge is 2.33. The molecule has 182 valence electrons. The van der Waals surface area contributed by atoms with Crippen LogP contribution in [-0.2, 0) is 17.7 Å². The van der Waals surface area contributed by atoms with Crippen molar-refractivity contribution in [3.63, 3.8) is 0 Å². The molecule has 1 amide bonds. The number of aryl methyl sites for hydroxylation is 2. The smallest absolute Gasteiger partial charge is 0.321 e. The van der Waals surface area contributed by atoms with Gasteiger partial charge in [0.15, 0.2) is 0 Å². The van der Waals surface area contributed by atoms with Crippen LogP contribution in [0.5, 0.6) is 0 Å². The molecule has 1 aliphatic rings. The van der Waals surface area contributed by atoms with Crippen LogP contribution in [0, 0.1) is 18.3 Å². The van der Waals surface area contributed by atoms with Crippen molar-refractivity contribution in [2.75, 3.05) is 5.32 Å². The number of benzene rings is 1. The molecule has 0 spiro atoms. The number of amides is 1. The van der Waals surface area contributed by atoms with E-state index in [1.165, 1.54) is 21.4 Å². The van der Waals surface area contributed by atoms with Crippen LogP contribution in [0.2, 0.25) is 0 Å². The van der Waals surface area contributed by atoms with Gasteiger partial charge in [0, 0.05) is 23.9 Å². The molecule has 1 aromatic carbocycles. The number of nitrogens with one attached hydrogen (secondary N) is 1. The first-order valence-electron chi connectivity index (χ1n) is 10.6. The zero-order chi connectivity index (χ0) is 25.5. The second kappa shape index (κ2) is 9.19. The zero-order valence-corrected chi connectivity index (χ0v) is 19.6. The van der Waals surface area contributed by atoms with Crippen LogP contribution in [0.15, 0.2) is 47.1 Å². The van der Waals surface area contributed by atoms with Crippen molar-refractivity contribution in [2.24, 2.45) is 0 Å². The molecule has 1 aliphatic carbocycles. The molecule has 2 aromatic heterocycles. The van der Waals surface area contributed by atoms with Crippen molar-refractivity contribution in [1.29, 1.82) is 5.26 Å². The minimum Gasteiger partial charge on any atom is -0.321 e. The molecule has 1 atom stereocenters. The van der Waals surface area contributed by atoms with Crippen molar-refractivity contribution >= 4 is 30.5 Å². The standard InChI is InChI=1S/C22H21F2N6O4P/c1-3-30-20(6-12(2)28-30)21(31)27-22-26-18-7-13(10-25)4-5-19(18)29(22)11-15-16(23)8-14(9-17(15)24)35(32,33)34/h4-8,17H,3,9,11H2,1-2H3,(H,26,27,31)(H2,32,33,34). The van der Waals surface area contributed by atoms with Crippen molar-refractivity contribution < 1.29 is 27.9 Å². The third-order valence-electron chi connectivity index (χ3n) is 5.61. The number of anilines is 1. The Morgan fingerprint density at radius 3 is 2.74 bits per heavy atom. The summed E-state index contributed by atoms with van der Waals surface area (Å²) in [5, 5.41) is 15.5. The molecule has 10 nitrogen and oxygen atoms in total. The molecule has 3 aromatic rings. The first kappa shape index (κ1) is 24.5.